The minimum absolute atomic E-state index is 0.0436. The molecule has 0 aromatic carbocycles. The minimum atomic E-state index is -1.77. The van der Waals surface area contributed by atoms with Crippen LogP contribution in [0.15, 0.2) is 21.5 Å². The molecule has 0 spiro atoms. The molecule has 0 radical (unpaired) electrons. The van der Waals surface area contributed by atoms with Gasteiger partial charge in [0.1, 0.15) is 18.6 Å². The molecule has 186 valence electrons. The van der Waals surface area contributed by atoms with Gasteiger partial charge in [0.05, 0.1) is 19.7 Å². The second kappa shape index (κ2) is 11.2. The summed E-state index contributed by atoms with van der Waals surface area (Å²) >= 11 is 17.1. The molecule has 33 heavy (non-hydrogen) atoms. The van der Waals surface area contributed by atoms with Crippen molar-refractivity contribution in [3.05, 3.63) is 28.3 Å². The van der Waals surface area contributed by atoms with Crippen LogP contribution in [-0.2, 0) is 16.1 Å². The lowest BCUT2D eigenvalue weighted by molar-refractivity contribution is -0.136. The molecule has 9 nitrogen and oxygen atoms in total. The molecular formula is C21H30Cl3N3O6. The first-order valence-corrected chi connectivity index (χ1v) is 11.6. The quantitative estimate of drug-likeness (QED) is 0.565. The van der Waals surface area contributed by atoms with Crippen molar-refractivity contribution >= 4 is 46.8 Å². The maximum Gasteiger partial charge on any atom is 0.410 e. The lowest BCUT2D eigenvalue weighted by Crippen LogP contribution is -2.55. The van der Waals surface area contributed by atoms with E-state index in [1.165, 1.54) is 24.3 Å². The lowest BCUT2D eigenvalue weighted by Gasteiger charge is -2.40. The summed E-state index contributed by atoms with van der Waals surface area (Å²) in [7, 11) is 1.35. The van der Waals surface area contributed by atoms with Gasteiger partial charge < -0.3 is 24.5 Å². The molecule has 0 bridgehead atoms. The number of piperidine rings is 1. The smallest absolute Gasteiger partial charge is 0.410 e. The van der Waals surface area contributed by atoms with Gasteiger partial charge in [-0.25, -0.2) is 4.79 Å². The summed E-state index contributed by atoms with van der Waals surface area (Å²) in [4.78, 5) is 40.8. The number of nitrogens with two attached hydrogens (primary N) is 1. The maximum atomic E-state index is 12.8. The number of methoxy groups -OCH3 is 1. The number of likely N-dealkylation sites (tertiary alicyclic amines) is 1. The number of halogens is 3. The van der Waals surface area contributed by atoms with Crippen LogP contribution in [0.3, 0.4) is 0 Å². The van der Waals surface area contributed by atoms with Crippen molar-refractivity contribution in [1.29, 1.82) is 0 Å². The Morgan fingerprint density at radius 1 is 1.27 bits per heavy atom. The number of alkyl halides is 3. The summed E-state index contributed by atoms with van der Waals surface area (Å²) in [5, 5.41) is 0. The molecule has 1 aliphatic heterocycles. The van der Waals surface area contributed by atoms with E-state index in [1.54, 1.807) is 4.90 Å². The molecule has 1 aliphatic rings. The van der Waals surface area contributed by atoms with E-state index in [0.717, 1.165) is 0 Å². The fraction of sp³-hybridized carbons (Fsp3) is 0.667. The molecule has 1 aromatic rings. The molecule has 1 aromatic heterocycles. The average molecular weight is 527 g/mol. The van der Waals surface area contributed by atoms with E-state index in [4.69, 9.17) is 54.4 Å². The first-order valence-electron chi connectivity index (χ1n) is 10.4. The lowest BCUT2D eigenvalue weighted by atomic mass is 9.86. The van der Waals surface area contributed by atoms with Crippen molar-refractivity contribution in [2.75, 3.05) is 26.8 Å². The number of hydrogen-bond donors (Lipinski definition) is 1. The number of rotatable bonds is 6. The van der Waals surface area contributed by atoms with E-state index >= 15 is 0 Å². The van der Waals surface area contributed by atoms with E-state index in [2.05, 4.69) is 0 Å². The van der Waals surface area contributed by atoms with Gasteiger partial charge in [-0.3, -0.25) is 14.5 Å². The van der Waals surface area contributed by atoms with Gasteiger partial charge in [0.25, 0.3) is 0 Å². The largest absolute Gasteiger partial charge is 0.490 e. The van der Waals surface area contributed by atoms with Crippen LogP contribution in [0, 0.1) is 5.41 Å². The fourth-order valence-corrected chi connectivity index (χ4v) is 3.54. The Hall–Kier alpha value is -1.68. The second-order valence-corrected chi connectivity index (χ2v) is 11.5. The van der Waals surface area contributed by atoms with E-state index in [0.29, 0.717) is 25.9 Å². The summed E-state index contributed by atoms with van der Waals surface area (Å²) in [6.45, 7) is 6.06. The van der Waals surface area contributed by atoms with Gasteiger partial charge in [-0.2, -0.15) is 0 Å². The fourth-order valence-electron chi connectivity index (χ4n) is 3.37. The zero-order valence-corrected chi connectivity index (χ0v) is 21.4. The topological polar surface area (TPSA) is 115 Å². The van der Waals surface area contributed by atoms with Crippen molar-refractivity contribution in [3.8, 4) is 5.75 Å². The molecule has 0 saturated carbocycles. The first-order chi connectivity index (χ1) is 15.2. The van der Waals surface area contributed by atoms with Gasteiger partial charge in [-0.1, -0.05) is 55.6 Å². The molecule has 0 unspecified atom stereocenters. The molecule has 2 amide bonds. The Balaban J connectivity index is 2.15. The summed E-state index contributed by atoms with van der Waals surface area (Å²) in [6.07, 6.45) is 1.41. The predicted molar refractivity (Wildman–Crippen MR) is 126 cm³/mol. The monoisotopic (exact) mass is 525 g/mol. The van der Waals surface area contributed by atoms with Crippen molar-refractivity contribution in [3.63, 3.8) is 0 Å². The Morgan fingerprint density at radius 2 is 1.88 bits per heavy atom. The molecule has 2 N–H and O–H groups in total. The highest BCUT2D eigenvalue weighted by Crippen LogP contribution is 2.28. The third kappa shape index (κ3) is 7.95. The minimum Gasteiger partial charge on any atom is -0.490 e. The third-order valence-electron chi connectivity index (χ3n) is 5.41. The van der Waals surface area contributed by atoms with Crippen molar-refractivity contribution in [1.82, 2.24) is 9.80 Å². The molecule has 2 heterocycles. The average Bonchev–Trinajstić information content (AvgIpc) is 2.74. The van der Waals surface area contributed by atoms with Crippen LogP contribution in [0.1, 0.15) is 39.4 Å². The van der Waals surface area contributed by atoms with Crippen LogP contribution in [0.5, 0.6) is 5.75 Å². The molecule has 0 aliphatic carbocycles. The summed E-state index contributed by atoms with van der Waals surface area (Å²) in [5.41, 5.74) is 5.37. The molecule has 2 rings (SSSR count). The van der Waals surface area contributed by atoms with Gasteiger partial charge in [0.15, 0.2) is 0 Å². The number of hydrogen-bond acceptors (Lipinski definition) is 7. The van der Waals surface area contributed by atoms with Crippen LogP contribution in [0.25, 0.3) is 0 Å². The summed E-state index contributed by atoms with van der Waals surface area (Å²) < 4.78 is 13.8. The predicted octanol–water partition coefficient (Wildman–Crippen LogP) is 3.32. The number of carbonyl (C=O) groups excluding carboxylic acids is 2. The van der Waals surface area contributed by atoms with Gasteiger partial charge in [-0.15, -0.1) is 0 Å². The van der Waals surface area contributed by atoms with E-state index < -0.39 is 22.5 Å². The van der Waals surface area contributed by atoms with Crippen LogP contribution >= 0.6 is 34.8 Å². The standard InChI is InChI=1S/C21H30Cl3N3O6/c1-20(2,3)17(25)18(29)26-7-5-13(6-8-26)27(19(30)33-12-21(22,23)24)10-14-9-15(28)16(31-4)11-32-14/h9,11,13,17H,5-8,10,12,25H2,1-4H3/t17-/m1/s1. The van der Waals surface area contributed by atoms with Gasteiger partial charge in [0, 0.05) is 25.2 Å². The van der Waals surface area contributed by atoms with Crippen LogP contribution in [0.2, 0.25) is 0 Å². The Kier molecular flexibility index (Phi) is 9.32. The Bertz CT molecular complexity index is 888. The highest BCUT2D eigenvalue weighted by molar-refractivity contribution is 6.67. The van der Waals surface area contributed by atoms with Crippen molar-refractivity contribution < 1.29 is 23.5 Å². The third-order valence-corrected chi connectivity index (χ3v) is 5.74. The van der Waals surface area contributed by atoms with Crippen molar-refractivity contribution in [2.24, 2.45) is 11.1 Å². The van der Waals surface area contributed by atoms with Crippen LogP contribution < -0.4 is 15.9 Å². The highest BCUT2D eigenvalue weighted by Gasteiger charge is 2.36. The van der Waals surface area contributed by atoms with E-state index in [1.807, 2.05) is 20.8 Å². The zero-order chi connectivity index (χ0) is 25.0. The highest BCUT2D eigenvalue weighted by atomic mass is 35.6. The normalized spacial score (nSPS) is 16.3. The molecule has 1 saturated heterocycles. The second-order valence-electron chi connectivity index (χ2n) is 8.98. The molecular weight excluding hydrogens is 497 g/mol. The molecule has 12 heteroatoms. The number of amides is 2. The van der Waals surface area contributed by atoms with E-state index in [-0.39, 0.29) is 40.8 Å². The maximum absolute atomic E-state index is 12.8. The summed E-state index contributed by atoms with van der Waals surface area (Å²) in [5.74, 6) is 0.151. The number of carbonyl (C=O) groups is 2. The first kappa shape index (κ1) is 27.6. The van der Waals surface area contributed by atoms with Gasteiger partial charge in [-0.05, 0) is 18.3 Å². The van der Waals surface area contributed by atoms with Gasteiger partial charge in [0.2, 0.25) is 20.9 Å². The van der Waals surface area contributed by atoms with Crippen molar-refractivity contribution in [2.45, 2.75) is 56.0 Å². The van der Waals surface area contributed by atoms with E-state index in [9.17, 15) is 14.4 Å². The van der Waals surface area contributed by atoms with Crippen LogP contribution in [-0.4, -0.2) is 64.5 Å². The van der Waals surface area contributed by atoms with Crippen LogP contribution in [0.4, 0.5) is 4.79 Å². The molecule has 1 fully saturated rings. The summed E-state index contributed by atoms with van der Waals surface area (Å²) in [6, 6.07) is 0.317. The Morgan fingerprint density at radius 3 is 2.36 bits per heavy atom. The number of nitrogens with zero attached hydrogens (tertiary/aromatic N) is 2. The SMILES string of the molecule is COc1coc(CN(C(=O)OCC(Cl)(Cl)Cl)C2CCN(C(=O)[C@@H](N)C(C)(C)C)CC2)cc1=O. The zero-order valence-electron chi connectivity index (χ0n) is 19.1. The number of ether oxygens (including phenoxy) is 2. The Labute approximate surface area is 208 Å². The molecule has 1 atom stereocenters. The van der Waals surface area contributed by atoms with Gasteiger partial charge >= 0.3 is 6.09 Å².